The van der Waals surface area contributed by atoms with E-state index in [9.17, 15) is 4.79 Å². The SMILES string of the molecule is C=C(/C=C\C=C/C)CC1CC(OC)=C(c2c(Cl)cc(C)cc2Cl)C1=O. The van der Waals surface area contributed by atoms with Crippen LogP contribution in [0.15, 0.2) is 54.3 Å². The van der Waals surface area contributed by atoms with E-state index in [0.717, 1.165) is 11.1 Å². The van der Waals surface area contributed by atoms with Gasteiger partial charge in [-0.1, -0.05) is 59.7 Å². The number of carbonyl (C=O) groups excluding carboxylic acids is 1. The van der Waals surface area contributed by atoms with Gasteiger partial charge >= 0.3 is 0 Å². The van der Waals surface area contributed by atoms with Crippen molar-refractivity contribution in [2.75, 3.05) is 7.11 Å². The number of benzene rings is 1. The number of carbonyl (C=O) groups is 1. The van der Waals surface area contributed by atoms with Crippen LogP contribution in [0, 0.1) is 12.8 Å². The van der Waals surface area contributed by atoms with Crippen molar-refractivity contribution in [3.05, 3.63) is 75.5 Å². The number of ketones is 1. The van der Waals surface area contributed by atoms with Crippen LogP contribution in [0.4, 0.5) is 0 Å². The summed E-state index contributed by atoms with van der Waals surface area (Å²) in [6.07, 6.45) is 8.81. The molecule has 0 aliphatic heterocycles. The predicted octanol–water partition coefficient (Wildman–Crippen LogP) is 6.33. The van der Waals surface area contributed by atoms with Crippen LogP contribution < -0.4 is 0 Å². The van der Waals surface area contributed by atoms with Crippen LogP contribution in [-0.2, 0) is 9.53 Å². The van der Waals surface area contributed by atoms with Gasteiger partial charge < -0.3 is 4.74 Å². The second-order valence-corrected chi connectivity index (χ2v) is 6.93. The molecule has 0 saturated carbocycles. The van der Waals surface area contributed by atoms with Crippen molar-refractivity contribution >= 4 is 34.6 Å². The quantitative estimate of drug-likeness (QED) is 0.542. The smallest absolute Gasteiger partial charge is 0.170 e. The lowest BCUT2D eigenvalue weighted by Gasteiger charge is -2.12. The Morgan fingerprint density at radius 3 is 2.52 bits per heavy atom. The van der Waals surface area contributed by atoms with Gasteiger partial charge in [0.1, 0.15) is 5.76 Å². The molecule has 1 aliphatic rings. The molecular formula is C21H22Cl2O2. The number of rotatable bonds is 6. The summed E-state index contributed by atoms with van der Waals surface area (Å²) >= 11 is 12.8. The Bertz CT molecular complexity index is 762. The summed E-state index contributed by atoms with van der Waals surface area (Å²) in [6.45, 7) is 7.89. The minimum absolute atomic E-state index is 0.00471. The van der Waals surface area contributed by atoms with Crippen LogP contribution in [-0.4, -0.2) is 12.9 Å². The van der Waals surface area contributed by atoms with E-state index in [1.807, 2.05) is 50.3 Å². The molecule has 1 aliphatic carbocycles. The van der Waals surface area contributed by atoms with Crippen LogP contribution in [0.1, 0.15) is 30.9 Å². The van der Waals surface area contributed by atoms with Crippen LogP contribution in [0.5, 0.6) is 0 Å². The molecule has 2 rings (SSSR count). The molecular weight excluding hydrogens is 355 g/mol. The van der Waals surface area contributed by atoms with Gasteiger partial charge in [-0.3, -0.25) is 4.79 Å². The van der Waals surface area contributed by atoms with Crippen molar-refractivity contribution in [3.8, 4) is 0 Å². The van der Waals surface area contributed by atoms with E-state index < -0.39 is 0 Å². The summed E-state index contributed by atoms with van der Waals surface area (Å²) < 4.78 is 5.48. The van der Waals surface area contributed by atoms with E-state index in [0.29, 0.717) is 39.8 Å². The minimum atomic E-state index is -0.207. The fourth-order valence-corrected chi connectivity index (χ4v) is 3.78. The Balaban J connectivity index is 2.31. The predicted molar refractivity (Wildman–Crippen MR) is 106 cm³/mol. The number of hydrogen-bond donors (Lipinski definition) is 0. The molecule has 0 heterocycles. The highest BCUT2D eigenvalue weighted by atomic mass is 35.5. The van der Waals surface area contributed by atoms with Gasteiger partial charge in [-0.25, -0.2) is 0 Å². The number of hydrogen-bond acceptors (Lipinski definition) is 2. The average Bonchev–Trinajstić information content (AvgIpc) is 2.83. The van der Waals surface area contributed by atoms with Crippen molar-refractivity contribution in [2.45, 2.75) is 26.7 Å². The first kappa shape index (κ1) is 19.6. The summed E-state index contributed by atoms with van der Waals surface area (Å²) in [5, 5.41) is 0.936. The lowest BCUT2D eigenvalue weighted by molar-refractivity contribution is -0.116. The van der Waals surface area contributed by atoms with Crippen LogP contribution in [0.2, 0.25) is 10.0 Å². The van der Waals surface area contributed by atoms with Gasteiger partial charge in [-0.15, -0.1) is 0 Å². The lowest BCUT2D eigenvalue weighted by Crippen LogP contribution is -2.10. The van der Waals surface area contributed by atoms with Crippen molar-refractivity contribution in [1.82, 2.24) is 0 Å². The topological polar surface area (TPSA) is 26.3 Å². The standard InChI is InChI=1S/C21H22Cl2O2/c1-5-6-7-8-13(2)9-15-12-18(25-4)20(21(15)24)19-16(22)10-14(3)11-17(19)23/h5-8,10-11,15H,2,9,12H2,1,3-4H3/b6-5-,8-7-. The fourth-order valence-electron chi connectivity index (χ4n) is 3.00. The van der Waals surface area contributed by atoms with E-state index >= 15 is 0 Å². The maximum Gasteiger partial charge on any atom is 0.170 e. The Kier molecular flexibility index (Phi) is 6.69. The Labute approximate surface area is 159 Å². The van der Waals surface area contributed by atoms with Crippen LogP contribution >= 0.6 is 23.2 Å². The molecule has 1 aromatic carbocycles. The molecule has 132 valence electrons. The van der Waals surface area contributed by atoms with E-state index in [-0.39, 0.29) is 11.7 Å². The Morgan fingerprint density at radius 1 is 1.32 bits per heavy atom. The molecule has 0 saturated heterocycles. The second kappa shape index (κ2) is 8.55. The Hall–Kier alpha value is -1.77. The minimum Gasteiger partial charge on any atom is -0.500 e. The van der Waals surface area contributed by atoms with E-state index in [4.69, 9.17) is 27.9 Å². The van der Waals surface area contributed by atoms with Crippen molar-refractivity contribution in [2.24, 2.45) is 5.92 Å². The molecule has 1 atom stereocenters. The number of ether oxygens (including phenoxy) is 1. The van der Waals surface area contributed by atoms with Gasteiger partial charge in [0.2, 0.25) is 0 Å². The monoisotopic (exact) mass is 376 g/mol. The third kappa shape index (κ3) is 4.45. The first-order valence-corrected chi connectivity index (χ1v) is 8.89. The second-order valence-electron chi connectivity index (χ2n) is 6.12. The van der Waals surface area contributed by atoms with E-state index in [2.05, 4.69) is 6.58 Å². The van der Waals surface area contributed by atoms with Crippen molar-refractivity contribution < 1.29 is 9.53 Å². The molecule has 0 bridgehead atoms. The molecule has 0 amide bonds. The molecule has 0 N–H and O–H groups in total. The normalized spacial score (nSPS) is 18.0. The molecule has 4 heteroatoms. The zero-order chi connectivity index (χ0) is 18.6. The molecule has 2 nitrogen and oxygen atoms in total. The highest BCUT2D eigenvalue weighted by molar-refractivity contribution is 6.41. The fraction of sp³-hybridized carbons (Fsp3) is 0.286. The number of allylic oxidation sites excluding steroid dienone is 7. The van der Waals surface area contributed by atoms with Gasteiger partial charge in [0, 0.05) is 17.9 Å². The van der Waals surface area contributed by atoms with Gasteiger partial charge in [0.05, 0.1) is 22.7 Å². The van der Waals surface area contributed by atoms with Crippen molar-refractivity contribution in [3.63, 3.8) is 0 Å². The summed E-state index contributed by atoms with van der Waals surface area (Å²) in [6, 6.07) is 3.62. The molecule has 25 heavy (non-hydrogen) atoms. The summed E-state index contributed by atoms with van der Waals surface area (Å²) in [4.78, 5) is 13.0. The highest BCUT2D eigenvalue weighted by Crippen LogP contribution is 2.43. The number of Topliss-reactive ketones (excluding diaryl/α,β-unsaturated/α-hetero) is 1. The lowest BCUT2D eigenvalue weighted by atomic mass is 9.93. The maximum atomic E-state index is 13.0. The largest absolute Gasteiger partial charge is 0.500 e. The average molecular weight is 377 g/mol. The van der Waals surface area contributed by atoms with Crippen LogP contribution in [0.25, 0.3) is 5.57 Å². The molecule has 0 aromatic heterocycles. The summed E-state index contributed by atoms with van der Waals surface area (Å²) in [7, 11) is 1.57. The van der Waals surface area contributed by atoms with E-state index in [1.54, 1.807) is 7.11 Å². The molecule has 1 aromatic rings. The number of halogens is 2. The molecule has 0 fully saturated rings. The zero-order valence-corrected chi connectivity index (χ0v) is 16.2. The third-order valence-corrected chi connectivity index (χ3v) is 4.75. The first-order valence-electron chi connectivity index (χ1n) is 8.13. The first-order chi connectivity index (χ1) is 11.9. The van der Waals surface area contributed by atoms with Crippen LogP contribution in [0.3, 0.4) is 0 Å². The third-order valence-electron chi connectivity index (χ3n) is 4.15. The zero-order valence-electron chi connectivity index (χ0n) is 14.7. The van der Waals surface area contributed by atoms with E-state index in [1.165, 1.54) is 0 Å². The molecule has 0 radical (unpaired) electrons. The van der Waals surface area contributed by atoms with Gasteiger partial charge in [0.15, 0.2) is 5.78 Å². The van der Waals surface area contributed by atoms with Gasteiger partial charge in [-0.05, 0) is 38.0 Å². The summed E-state index contributed by atoms with van der Waals surface area (Å²) in [5.41, 5.74) is 2.90. The summed E-state index contributed by atoms with van der Waals surface area (Å²) in [5.74, 6) is 0.430. The van der Waals surface area contributed by atoms with Gasteiger partial charge in [-0.2, -0.15) is 0 Å². The Morgan fingerprint density at radius 2 is 1.96 bits per heavy atom. The highest BCUT2D eigenvalue weighted by Gasteiger charge is 2.36. The number of aryl methyl sites for hydroxylation is 1. The maximum absolute atomic E-state index is 13.0. The van der Waals surface area contributed by atoms with Crippen molar-refractivity contribution in [1.29, 1.82) is 0 Å². The molecule has 0 spiro atoms. The van der Waals surface area contributed by atoms with Gasteiger partial charge in [0.25, 0.3) is 0 Å². The molecule has 1 unspecified atom stereocenters. The number of methoxy groups -OCH3 is 1.